The lowest BCUT2D eigenvalue weighted by atomic mass is 10.1. The summed E-state index contributed by atoms with van der Waals surface area (Å²) in [5, 5.41) is 11.4. The van der Waals surface area contributed by atoms with Crippen LogP contribution in [-0.4, -0.2) is 47.3 Å². The highest BCUT2D eigenvalue weighted by Crippen LogP contribution is 2.14. The van der Waals surface area contributed by atoms with Gasteiger partial charge in [-0.1, -0.05) is 24.3 Å². The van der Waals surface area contributed by atoms with Crippen molar-refractivity contribution in [2.45, 2.75) is 53.2 Å². The number of guanidine groups is 1. The van der Waals surface area contributed by atoms with Gasteiger partial charge < -0.3 is 15.5 Å². The number of halogens is 1. The van der Waals surface area contributed by atoms with Crippen molar-refractivity contribution in [1.29, 1.82) is 0 Å². The van der Waals surface area contributed by atoms with Crippen molar-refractivity contribution >= 4 is 29.9 Å². The average Bonchev–Trinajstić information content (AvgIpc) is 2.87. The molecule has 0 bridgehead atoms. The number of aliphatic imine (C=N–C) groups is 1. The molecule has 2 rings (SSSR count). The summed E-state index contributed by atoms with van der Waals surface area (Å²) in [6.07, 6.45) is 0.926. The molecule has 1 aromatic heterocycles. The second-order valence-corrected chi connectivity index (χ2v) is 7.77. The van der Waals surface area contributed by atoms with E-state index in [9.17, 15) is 0 Å². The second-order valence-electron chi connectivity index (χ2n) is 7.77. The van der Waals surface area contributed by atoms with Crippen molar-refractivity contribution in [1.82, 2.24) is 25.3 Å². The van der Waals surface area contributed by atoms with Crippen molar-refractivity contribution in [3.05, 3.63) is 52.3 Å². The van der Waals surface area contributed by atoms with Crippen molar-refractivity contribution in [3.8, 4) is 0 Å². The van der Waals surface area contributed by atoms with E-state index in [1.807, 2.05) is 11.7 Å². The van der Waals surface area contributed by atoms with Crippen LogP contribution in [0.3, 0.4) is 0 Å². The Morgan fingerprint density at radius 1 is 1.17 bits per heavy atom. The zero-order valence-electron chi connectivity index (χ0n) is 18.9. The maximum absolute atomic E-state index is 4.77. The zero-order chi connectivity index (χ0) is 20.7. The fourth-order valence-corrected chi connectivity index (χ4v) is 3.31. The molecule has 1 atom stereocenters. The molecule has 0 amide bonds. The number of benzene rings is 1. The van der Waals surface area contributed by atoms with Gasteiger partial charge in [0.2, 0.25) is 0 Å². The molecule has 0 fully saturated rings. The summed E-state index contributed by atoms with van der Waals surface area (Å²) >= 11 is 0. The van der Waals surface area contributed by atoms with Crippen molar-refractivity contribution in [3.63, 3.8) is 0 Å². The molecule has 6 nitrogen and oxygen atoms in total. The van der Waals surface area contributed by atoms with Crippen molar-refractivity contribution < 1.29 is 0 Å². The number of hydrogen-bond acceptors (Lipinski definition) is 3. The lowest BCUT2D eigenvalue weighted by molar-refractivity contribution is 0.402. The van der Waals surface area contributed by atoms with E-state index in [0.29, 0.717) is 6.54 Å². The molecule has 0 spiro atoms. The van der Waals surface area contributed by atoms with Gasteiger partial charge in [0.15, 0.2) is 5.96 Å². The predicted molar refractivity (Wildman–Crippen MR) is 133 cm³/mol. The summed E-state index contributed by atoms with van der Waals surface area (Å²) in [6, 6.07) is 8.96. The molecule has 0 saturated heterocycles. The molecule has 2 N–H and O–H groups in total. The molecular weight excluding hydrogens is 475 g/mol. The predicted octanol–water partition coefficient (Wildman–Crippen LogP) is 3.40. The molecule has 0 radical (unpaired) electrons. The number of nitrogens with zero attached hydrogens (tertiary/aromatic N) is 4. The molecule has 2 aromatic rings. The van der Waals surface area contributed by atoms with Gasteiger partial charge in [-0.2, -0.15) is 5.10 Å². The summed E-state index contributed by atoms with van der Waals surface area (Å²) in [7, 11) is 6.17. The number of aryl methyl sites for hydroxylation is 2. The van der Waals surface area contributed by atoms with Crippen LogP contribution in [0.2, 0.25) is 0 Å². The Kier molecular flexibility index (Phi) is 10.7. The minimum absolute atomic E-state index is 0. The van der Waals surface area contributed by atoms with Crippen molar-refractivity contribution in [2.75, 3.05) is 20.6 Å². The van der Waals surface area contributed by atoms with Crippen LogP contribution in [0.5, 0.6) is 0 Å². The molecule has 0 aliphatic rings. The Morgan fingerprint density at radius 2 is 1.79 bits per heavy atom. The summed E-state index contributed by atoms with van der Waals surface area (Å²) in [6.45, 7) is 10.9. The molecule has 1 aromatic carbocycles. The first-order valence-electron chi connectivity index (χ1n) is 10.1. The summed E-state index contributed by atoms with van der Waals surface area (Å²) < 4.78 is 1.96. The minimum atomic E-state index is 0. The van der Waals surface area contributed by atoms with Gasteiger partial charge in [0.1, 0.15) is 0 Å². The number of nitrogens with one attached hydrogen (secondary N) is 2. The first-order valence-corrected chi connectivity index (χ1v) is 10.1. The molecule has 29 heavy (non-hydrogen) atoms. The molecule has 0 aliphatic carbocycles. The fourth-order valence-electron chi connectivity index (χ4n) is 3.31. The van der Waals surface area contributed by atoms with Crippen LogP contribution in [0.15, 0.2) is 29.3 Å². The highest BCUT2D eigenvalue weighted by atomic mass is 127. The number of hydrogen-bond donors (Lipinski definition) is 2. The first-order chi connectivity index (χ1) is 13.3. The van der Waals surface area contributed by atoms with Gasteiger partial charge in [0.25, 0.3) is 0 Å². The van der Waals surface area contributed by atoms with Gasteiger partial charge in [0.05, 0.1) is 12.2 Å². The van der Waals surface area contributed by atoms with E-state index in [0.717, 1.165) is 31.2 Å². The van der Waals surface area contributed by atoms with E-state index in [-0.39, 0.29) is 30.0 Å². The van der Waals surface area contributed by atoms with Gasteiger partial charge in [-0.3, -0.25) is 4.68 Å². The van der Waals surface area contributed by atoms with E-state index < -0.39 is 0 Å². The molecule has 0 saturated carbocycles. The molecule has 1 unspecified atom stereocenters. The van der Waals surface area contributed by atoms with Crippen molar-refractivity contribution in [2.24, 2.45) is 12.0 Å². The van der Waals surface area contributed by atoms with Gasteiger partial charge in [0, 0.05) is 31.9 Å². The Morgan fingerprint density at radius 3 is 2.31 bits per heavy atom. The SMILES string of the molecule is CCNC(=NCc1ccc(CN(C)C)cc1)NC(C)Cc1c(C)nn(C)c1C.I. The lowest BCUT2D eigenvalue weighted by Crippen LogP contribution is -2.43. The number of rotatable bonds is 8. The maximum atomic E-state index is 4.77. The summed E-state index contributed by atoms with van der Waals surface area (Å²) in [4.78, 5) is 6.94. The third-order valence-electron chi connectivity index (χ3n) is 4.84. The first kappa shape index (κ1) is 25.4. The standard InChI is InChI=1S/C22H36N6.HI/c1-8-23-22(24-14-19-9-11-20(12-10-19)15-27(5)6)25-16(2)13-21-17(3)26-28(7)18(21)4;/h9-12,16H,8,13-15H2,1-7H3,(H2,23,24,25);1H. The number of aromatic nitrogens is 2. The molecule has 7 heteroatoms. The maximum Gasteiger partial charge on any atom is 0.191 e. The third-order valence-corrected chi connectivity index (χ3v) is 4.84. The highest BCUT2D eigenvalue weighted by molar-refractivity contribution is 14.0. The molecule has 1 heterocycles. The normalized spacial score (nSPS) is 12.6. The van der Waals surface area contributed by atoms with Crippen LogP contribution in [0.4, 0.5) is 0 Å². The van der Waals surface area contributed by atoms with Crippen LogP contribution >= 0.6 is 24.0 Å². The van der Waals surface area contributed by atoms with E-state index in [1.54, 1.807) is 0 Å². The monoisotopic (exact) mass is 512 g/mol. The Balaban J connectivity index is 0.00000420. The zero-order valence-corrected chi connectivity index (χ0v) is 21.2. The fraction of sp³-hybridized carbons (Fsp3) is 0.545. The van der Waals surface area contributed by atoms with E-state index in [2.05, 4.69) is 86.7 Å². The van der Waals surface area contributed by atoms with Gasteiger partial charge in [-0.15, -0.1) is 24.0 Å². The third kappa shape index (κ3) is 7.97. The highest BCUT2D eigenvalue weighted by Gasteiger charge is 2.14. The second kappa shape index (κ2) is 12.2. The lowest BCUT2D eigenvalue weighted by Gasteiger charge is -2.18. The summed E-state index contributed by atoms with van der Waals surface area (Å²) in [5.74, 6) is 0.853. The molecule has 162 valence electrons. The topological polar surface area (TPSA) is 57.5 Å². The van der Waals surface area contributed by atoms with E-state index >= 15 is 0 Å². The average molecular weight is 512 g/mol. The van der Waals surface area contributed by atoms with Gasteiger partial charge in [-0.05, 0) is 64.9 Å². The molecular formula is C22H37IN6. The van der Waals surface area contributed by atoms with Crippen LogP contribution < -0.4 is 10.6 Å². The minimum Gasteiger partial charge on any atom is -0.357 e. The van der Waals surface area contributed by atoms with Crippen LogP contribution in [0.25, 0.3) is 0 Å². The largest absolute Gasteiger partial charge is 0.357 e. The van der Waals surface area contributed by atoms with Gasteiger partial charge >= 0.3 is 0 Å². The van der Waals surface area contributed by atoms with E-state index in [4.69, 9.17) is 4.99 Å². The Bertz CT molecular complexity index is 779. The summed E-state index contributed by atoms with van der Waals surface area (Å²) in [5.41, 5.74) is 6.18. The van der Waals surface area contributed by atoms with E-state index in [1.165, 1.54) is 22.4 Å². The van der Waals surface area contributed by atoms with Gasteiger partial charge in [-0.25, -0.2) is 4.99 Å². The van der Waals surface area contributed by atoms with Crippen LogP contribution in [0, 0.1) is 13.8 Å². The van der Waals surface area contributed by atoms with Crippen LogP contribution in [-0.2, 0) is 26.6 Å². The van der Waals surface area contributed by atoms with Crippen LogP contribution in [0.1, 0.15) is 41.9 Å². The smallest absolute Gasteiger partial charge is 0.191 e. The molecule has 0 aliphatic heterocycles. The Labute approximate surface area is 193 Å². The quantitative estimate of drug-likeness (QED) is 0.324. The Hall–Kier alpha value is -1.61.